The normalized spacial score (nSPS) is 30.3. The molecule has 3 aromatic rings. The number of methoxy groups -OCH3 is 1. The van der Waals surface area contributed by atoms with Gasteiger partial charge < -0.3 is 54.7 Å². The Kier molecular flexibility index (Phi) is 14.4. The summed E-state index contributed by atoms with van der Waals surface area (Å²) in [6.07, 6.45) is 3.70. The predicted molar refractivity (Wildman–Crippen MR) is 242 cm³/mol. The number of aliphatic hydroxyl groups is 2. The van der Waals surface area contributed by atoms with Crippen LogP contribution in [0.15, 0.2) is 60.4 Å². The van der Waals surface area contributed by atoms with Gasteiger partial charge in [-0.05, 0) is 32.4 Å². The van der Waals surface area contributed by atoms with E-state index in [9.17, 15) is 39.9 Å². The molecule has 4 heterocycles. The van der Waals surface area contributed by atoms with Crippen LogP contribution in [0.2, 0.25) is 0 Å². The summed E-state index contributed by atoms with van der Waals surface area (Å²) in [5.74, 6) is -8.03. The Morgan fingerprint density at radius 3 is 2.16 bits per heavy atom. The van der Waals surface area contributed by atoms with Gasteiger partial charge in [-0.25, -0.2) is 0 Å². The van der Waals surface area contributed by atoms with E-state index < -0.39 is 88.8 Å². The molecule has 346 valence electrons. The molecule has 7 rings (SSSR count). The number of carbonyl (C=O) groups excluding carboxylic acids is 3. The molecular weight excluding hydrogens is 823 g/mol. The highest BCUT2D eigenvalue weighted by atomic mass is 16.7. The Bertz CT molecular complexity index is 2350. The number of ether oxygens (including phenoxy) is 4. The summed E-state index contributed by atoms with van der Waals surface area (Å²) in [5.41, 5.74) is 2.33. The van der Waals surface area contributed by atoms with Crippen LogP contribution in [0.1, 0.15) is 75.5 Å². The molecule has 3 aromatic carbocycles. The lowest BCUT2D eigenvalue weighted by Crippen LogP contribution is -2.46. The van der Waals surface area contributed by atoms with Gasteiger partial charge in [0.05, 0.1) is 35.5 Å². The quantitative estimate of drug-likeness (QED) is 0.0934. The van der Waals surface area contributed by atoms with Gasteiger partial charge >= 0.3 is 11.8 Å². The number of carbonyl (C=O) groups is 3. The van der Waals surface area contributed by atoms with E-state index in [-0.39, 0.29) is 44.6 Å². The molecule has 0 aliphatic carbocycles. The minimum absolute atomic E-state index is 0.0524. The summed E-state index contributed by atoms with van der Waals surface area (Å²) in [7, 11) is 1.45. The summed E-state index contributed by atoms with van der Waals surface area (Å²) in [6.45, 7) is 17.2. The number of nitrogens with one attached hydrogen (secondary N) is 1. The Morgan fingerprint density at radius 2 is 1.53 bits per heavy atom. The van der Waals surface area contributed by atoms with E-state index in [2.05, 4.69) is 34.5 Å². The lowest BCUT2D eigenvalue weighted by Gasteiger charge is -2.38. The van der Waals surface area contributed by atoms with E-state index in [1.54, 1.807) is 46.8 Å². The smallest absolute Gasteiger partial charge is 0.312 e. The van der Waals surface area contributed by atoms with Crippen molar-refractivity contribution in [3.8, 4) is 23.0 Å². The molecule has 1 saturated heterocycles. The summed E-state index contributed by atoms with van der Waals surface area (Å²) in [5, 5.41) is 61.7. The van der Waals surface area contributed by atoms with Crippen molar-refractivity contribution < 1.29 is 58.9 Å². The zero-order chi connectivity index (χ0) is 46.9. The molecular formula is C49H63N3O12. The minimum atomic E-state index is -2.03. The van der Waals surface area contributed by atoms with Gasteiger partial charge in [-0.1, -0.05) is 75.8 Å². The molecule has 0 unspecified atom stereocenters. The first-order chi connectivity index (χ1) is 30.2. The number of ketones is 1. The third-order valence-electron chi connectivity index (χ3n) is 13.2. The fourth-order valence-corrected chi connectivity index (χ4v) is 9.10. The van der Waals surface area contributed by atoms with Crippen molar-refractivity contribution in [2.75, 3.05) is 43.5 Å². The number of allylic oxidation sites excluding steroid dienone is 2. The minimum Gasteiger partial charge on any atom is -0.507 e. The first-order valence-electron chi connectivity index (χ1n) is 21.8. The number of piperazine rings is 1. The Labute approximate surface area is 374 Å². The Morgan fingerprint density at radius 1 is 0.875 bits per heavy atom. The molecule has 5 bridgehead atoms. The van der Waals surface area contributed by atoms with Gasteiger partial charge in [-0.2, -0.15) is 0 Å². The molecule has 4 aliphatic heterocycles. The van der Waals surface area contributed by atoms with Crippen LogP contribution in [0, 0.1) is 37.5 Å². The van der Waals surface area contributed by atoms with Crippen LogP contribution in [0.25, 0.3) is 10.8 Å². The summed E-state index contributed by atoms with van der Waals surface area (Å²) in [6, 6.07) is 8.28. The van der Waals surface area contributed by atoms with Gasteiger partial charge in [0.1, 0.15) is 34.7 Å². The topological polar surface area (TPSA) is 208 Å². The third-order valence-corrected chi connectivity index (χ3v) is 13.2. The van der Waals surface area contributed by atoms with Crippen LogP contribution in [0.4, 0.5) is 11.4 Å². The number of aliphatic hydroxyl groups excluding tert-OH is 2. The molecule has 1 fully saturated rings. The number of fused-ring (bicyclic) bond motifs is 14. The Hall–Kier alpha value is -5.61. The average molecular weight is 886 g/mol. The number of anilines is 2. The lowest BCUT2D eigenvalue weighted by atomic mass is 9.78. The van der Waals surface area contributed by atoms with E-state index in [0.29, 0.717) is 32.7 Å². The molecule has 0 spiro atoms. The highest BCUT2D eigenvalue weighted by Crippen LogP contribution is 2.57. The van der Waals surface area contributed by atoms with Gasteiger partial charge in [-0.3, -0.25) is 19.3 Å². The number of rotatable bonds is 5. The van der Waals surface area contributed by atoms with E-state index in [1.165, 1.54) is 46.3 Å². The van der Waals surface area contributed by atoms with E-state index >= 15 is 0 Å². The van der Waals surface area contributed by atoms with Crippen LogP contribution >= 0.6 is 0 Å². The number of Topliss-reactive ketones (excluding diaryl/α,β-unsaturated/α-hetero) is 1. The number of esters is 1. The van der Waals surface area contributed by atoms with Crippen LogP contribution < -0.4 is 15.0 Å². The van der Waals surface area contributed by atoms with Crippen molar-refractivity contribution in [1.29, 1.82) is 0 Å². The molecule has 6 N–H and O–H groups in total. The second-order valence-corrected chi connectivity index (χ2v) is 17.8. The average Bonchev–Trinajstić information content (AvgIpc) is 3.53. The fraction of sp³-hybridized carbons (Fsp3) is 0.490. The summed E-state index contributed by atoms with van der Waals surface area (Å²) < 4.78 is 23.8. The van der Waals surface area contributed by atoms with Gasteiger partial charge in [0.25, 0.3) is 11.7 Å². The number of phenolic OH excluding ortho intramolecular Hbond substituents is 3. The predicted octanol–water partition coefficient (Wildman–Crippen LogP) is 6.38. The molecule has 9 atom stereocenters. The molecule has 0 radical (unpaired) electrons. The number of phenols is 3. The zero-order valence-electron chi connectivity index (χ0n) is 38.3. The van der Waals surface area contributed by atoms with E-state index in [4.69, 9.17) is 18.9 Å². The number of hydrogen-bond donors (Lipinski definition) is 6. The molecule has 1 amide bonds. The van der Waals surface area contributed by atoms with Gasteiger partial charge in [0.15, 0.2) is 5.75 Å². The van der Waals surface area contributed by atoms with Gasteiger partial charge in [-0.15, -0.1) is 0 Å². The highest BCUT2D eigenvalue weighted by Gasteiger charge is 2.50. The first kappa shape index (κ1) is 47.9. The second kappa shape index (κ2) is 19.2. The molecule has 0 aromatic heterocycles. The van der Waals surface area contributed by atoms with Crippen molar-refractivity contribution in [3.63, 3.8) is 0 Å². The van der Waals surface area contributed by atoms with Crippen LogP contribution in [0.3, 0.4) is 0 Å². The standard InChI is InChI=1S/C49H63N3O12/c1-25-14-16-33(17-15-25)24-51-19-21-52(22-20-51)39-38-43(57)36-35(44(39)58)37-46(31(7)42(36)56)64-49(9,47(37)59)62-23-18-34(61-10)28(4)45(63-32(8)53)30(6)41(55)29(5)40(54)26(2)12-11-13-27(3)48(60)50-38/h11-18,23,26,28-30,34,40-41,45,54-58H,19-22,24H2,1-10H3,(H,50,60)/b12-11+,23-18+,27-13-/t26-,28+,29+,30+,34-,40-,41+,45+,49-/m0/s1. The number of aromatic hydroxyl groups is 3. The number of amides is 1. The Balaban J connectivity index is 1.48. The molecule has 64 heavy (non-hydrogen) atoms. The van der Waals surface area contributed by atoms with Crippen LogP contribution in [-0.2, 0) is 30.3 Å². The van der Waals surface area contributed by atoms with Gasteiger partial charge in [0.2, 0.25) is 0 Å². The molecule has 4 aliphatic rings. The maximum Gasteiger partial charge on any atom is 0.312 e. The second-order valence-electron chi connectivity index (χ2n) is 17.8. The molecule has 15 heteroatoms. The van der Waals surface area contributed by atoms with Crippen molar-refractivity contribution in [1.82, 2.24) is 4.90 Å². The maximum absolute atomic E-state index is 14.6. The monoisotopic (exact) mass is 885 g/mol. The van der Waals surface area contributed by atoms with E-state index in [1.807, 2.05) is 11.8 Å². The fourth-order valence-electron chi connectivity index (χ4n) is 9.10. The summed E-state index contributed by atoms with van der Waals surface area (Å²) in [4.78, 5) is 45.1. The number of aryl methyl sites for hydroxylation is 1. The van der Waals surface area contributed by atoms with Crippen molar-refractivity contribution in [2.24, 2.45) is 23.7 Å². The van der Waals surface area contributed by atoms with Crippen molar-refractivity contribution in [3.05, 3.63) is 82.7 Å². The largest absolute Gasteiger partial charge is 0.507 e. The van der Waals surface area contributed by atoms with Crippen molar-refractivity contribution >= 4 is 39.8 Å². The molecule has 15 nitrogen and oxygen atoms in total. The third kappa shape index (κ3) is 9.30. The first-order valence-corrected chi connectivity index (χ1v) is 21.8. The van der Waals surface area contributed by atoms with Crippen molar-refractivity contribution in [2.45, 2.75) is 99.1 Å². The summed E-state index contributed by atoms with van der Waals surface area (Å²) >= 11 is 0. The molecule has 0 saturated carbocycles. The number of hydrogen-bond acceptors (Lipinski definition) is 14. The lowest BCUT2D eigenvalue weighted by molar-refractivity contribution is -0.160. The van der Waals surface area contributed by atoms with Crippen LogP contribution in [-0.4, -0.2) is 112 Å². The van der Waals surface area contributed by atoms with Crippen LogP contribution in [0.5, 0.6) is 23.0 Å². The zero-order valence-corrected chi connectivity index (χ0v) is 38.3. The highest BCUT2D eigenvalue weighted by molar-refractivity contribution is 6.23. The SMILES string of the molecule is CO[C@H]1/C=C/O[C@@]2(C)Oc3c(C)c(O)c4c(O)c(c(N5CCN(Cc6ccc(C)cc6)CC5)c(O)c4c3C2=O)NC(=O)/C(C)=C\C=C\[C@H](C)[C@H](O)[C@@H](C)[C@@H](O)[C@@H](C)[C@H](OC(C)=O)[C@@H]1C. The number of benzene rings is 3. The van der Waals surface area contributed by atoms with E-state index in [0.717, 1.165) is 11.1 Å². The van der Waals surface area contributed by atoms with Gasteiger partial charge in [0, 0.05) is 93.9 Å². The maximum atomic E-state index is 14.6. The number of nitrogens with zero attached hydrogens (tertiary/aromatic N) is 2.